The van der Waals surface area contributed by atoms with E-state index in [2.05, 4.69) is 10.3 Å². The van der Waals surface area contributed by atoms with Crippen LogP contribution in [0.15, 0.2) is 18.3 Å². The molecular weight excluding hydrogens is 196 g/mol. The third-order valence-electron chi connectivity index (χ3n) is 1.97. The highest BCUT2D eigenvalue weighted by Crippen LogP contribution is 2.05. The largest absolute Gasteiger partial charge is 0.506 e. The maximum atomic E-state index is 9.02. The summed E-state index contributed by atoms with van der Waals surface area (Å²) in [5, 5.41) is 21.1. The molecular formula is C10H16N2O3. The van der Waals surface area contributed by atoms with Crippen LogP contribution < -0.4 is 5.32 Å². The number of hydrogen-bond acceptors (Lipinski definition) is 5. The van der Waals surface area contributed by atoms with Crippen molar-refractivity contribution in [3.8, 4) is 5.75 Å². The maximum Gasteiger partial charge on any atom is 0.133 e. The monoisotopic (exact) mass is 212 g/mol. The Morgan fingerprint density at radius 1 is 1.53 bits per heavy atom. The van der Waals surface area contributed by atoms with Gasteiger partial charge in [-0.2, -0.15) is 0 Å². The van der Waals surface area contributed by atoms with E-state index in [0.29, 0.717) is 13.2 Å². The number of aromatic hydroxyl groups is 1. The number of hydrogen-bond donors (Lipinski definition) is 3. The van der Waals surface area contributed by atoms with Crippen molar-refractivity contribution in [3.63, 3.8) is 0 Å². The summed E-state index contributed by atoms with van der Waals surface area (Å²) in [5.41, 5.74) is 0.808. The molecule has 1 rings (SSSR count). The summed E-state index contributed by atoms with van der Waals surface area (Å²) in [5.74, 6) is 0.148. The molecule has 1 heterocycles. The van der Waals surface area contributed by atoms with Gasteiger partial charge in [-0.25, -0.2) is 0 Å². The Morgan fingerprint density at radius 3 is 2.87 bits per heavy atom. The van der Waals surface area contributed by atoms with Crippen LogP contribution >= 0.6 is 0 Å². The zero-order chi connectivity index (χ0) is 11.1. The van der Waals surface area contributed by atoms with E-state index < -0.39 is 0 Å². The molecule has 0 aromatic carbocycles. The summed E-state index contributed by atoms with van der Waals surface area (Å²) in [7, 11) is 1.59. The van der Waals surface area contributed by atoms with E-state index in [4.69, 9.17) is 14.9 Å². The topological polar surface area (TPSA) is 74.6 Å². The second-order valence-corrected chi connectivity index (χ2v) is 3.22. The summed E-state index contributed by atoms with van der Waals surface area (Å²) >= 11 is 0. The molecule has 0 amide bonds. The summed E-state index contributed by atoms with van der Waals surface area (Å²) < 4.78 is 4.92. The Labute approximate surface area is 88.7 Å². The van der Waals surface area contributed by atoms with E-state index in [0.717, 1.165) is 5.69 Å². The van der Waals surface area contributed by atoms with Crippen LogP contribution in [0.5, 0.6) is 5.75 Å². The molecule has 0 fully saturated rings. The second-order valence-electron chi connectivity index (χ2n) is 3.22. The summed E-state index contributed by atoms with van der Waals surface area (Å²) in [6.45, 7) is 1.01. The zero-order valence-electron chi connectivity index (χ0n) is 8.68. The highest BCUT2D eigenvalue weighted by Gasteiger charge is 2.05. The highest BCUT2D eigenvalue weighted by atomic mass is 16.5. The number of aromatic nitrogens is 1. The SMILES string of the molecule is COCC(CO)NCc1ccc(O)cn1. The van der Waals surface area contributed by atoms with Crippen molar-refractivity contribution in [1.82, 2.24) is 10.3 Å². The first-order valence-electron chi connectivity index (χ1n) is 4.73. The van der Waals surface area contributed by atoms with Crippen LogP contribution in [0.3, 0.4) is 0 Å². The minimum absolute atomic E-state index is 0.0198. The lowest BCUT2D eigenvalue weighted by Gasteiger charge is -2.14. The molecule has 1 atom stereocenters. The second kappa shape index (κ2) is 6.34. The molecule has 15 heavy (non-hydrogen) atoms. The number of nitrogens with zero attached hydrogens (tertiary/aromatic N) is 1. The smallest absolute Gasteiger partial charge is 0.133 e. The van der Waals surface area contributed by atoms with Gasteiger partial charge in [0.1, 0.15) is 5.75 Å². The van der Waals surface area contributed by atoms with Crippen LogP contribution in [0.25, 0.3) is 0 Å². The van der Waals surface area contributed by atoms with Gasteiger partial charge in [-0.05, 0) is 12.1 Å². The molecule has 0 saturated heterocycles. The van der Waals surface area contributed by atoms with Gasteiger partial charge in [-0.3, -0.25) is 4.98 Å². The van der Waals surface area contributed by atoms with Crippen LogP contribution in [0, 0.1) is 0 Å². The van der Waals surface area contributed by atoms with Crippen molar-refractivity contribution in [2.75, 3.05) is 20.3 Å². The Bertz CT molecular complexity index is 277. The fourth-order valence-corrected chi connectivity index (χ4v) is 1.15. The van der Waals surface area contributed by atoms with E-state index >= 15 is 0 Å². The molecule has 0 radical (unpaired) electrons. The number of nitrogens with one attached hydrogen (secondary N) is 1. The molecule has 0 aliphatic heterocycles. The fourth-order valence-electron chi connectivity index (χ4n) is 1.15. The first kappa shape index (κ1) is 11.9. The molecule has 0 aliphatic rings. The Kier molecular flexibility index (Phi) is 5.03. The Hall–Kier alpha value is -1.17. The number of methoxy groups -OCH3 is 1. The molecule has 1 aromatic heterocycles. The van der Waals surface area contributed by atoms with Crippen LogP contribution in [0.4, 0.5) is 0 Å². The molecule has 0 bridgehead atoms. The first-order valence-corrected chi connectivity index (χ1v) is 4.73. The molecule has 5 nitrogen and oxygen atoms in total. The number of aliphatic hydroxyl groups excluding tert-OH is 1. The van der Waals surface area contributed by atoms with E-state index in [-0.39, 0.29) is 18.4 Å². The predicted molar refractivity (Wildman–Crippen MR) is 55.5 cm³/mol. The third kappa shape index (κ3) is 4.24. The minimum atomic E-state index is -0.0920. The number of rotatable bonds is 6. The average Bonchev–Trinajstić information content (AvgIpc) is 2.26. The van der Waals surface area contributed by atoms with Crippen LogP contribution in [-0.4, -0.2) is 41.6 Å². The van der Waals surface area contributed by atoms with Crippen LogP contribution in [-0.2, 0) is 11.3 Å². The van der Waals surface area contributed by atoms with Crippen molar-refractivity contribution >= 4 is 0 Å². The van der Waals surface area contributed by atoms with Gasteiger partial charge >= 0.3 is 0 Å². The summed E-state index contributed by atoms with van der Waals surface area (Å²) in [4.78, 5) is 4.01. The van der Waals surface area contributed by atoms with E-state index in [1.54, 1.807) is 19.2 Å². The number of ether oxygens (including phenoxy) is 1. The molecule has 5 heteroatoms. The van der Waals surface area contributed by atoms with Crippen molar-refractivity contribution in [2.45, 2.75) is 12.6 Å². The summed E-state index contributed by atoms with van der Waals surface area (Å²) in [6.07, 6.45) is 1.39. The number of pyridine rings is 1. The lowest BCUT2D eigenvalue weighted by molar-refractivity contribution is 0.128. The van der Waals surface area contributed by atoms with E-state index in [1.165, 1.54) is 6.20 Å². The van der Waals surface area contributed by atoms with Gasteiger partial charge in [0, 0.05) is 13.7 Å². The van der Waals surface area contributed by atoms with Gasteiger partial charge in [0.2, 0.25) is 0 Å². The predicted octanol–water partition coefficient (Wildman–Crippen LogP) is -0.116. The van der Waals surface area contributed by atoms with Crippen molar-refractivity contribution in [1.29, 1.82) is 0 Å². The Morgan fingerprint density at radius 2 is 2.33 bits per heavy atom. The van der Waals surface area contributed by atoms with Crippen molar-refractivity contribution < 1.29 is 14.9 Å². The van der Waals surface area contributed by atoms with Crippen molar-refractivity contribution in [3.05, 3.63) is 24.0 Å². The molecule has 0 spiro atoms. The molecule has 0 saturated carbocycles. The third-order valence-corrected chi connectivity index (χ3v) is 1.97. The normalized spacial score (nSPS) is 12.7. The lowest BCUT2D eigenvalue weighted by atomic mass is 10.3. The molecule has 84 valence electrons. The van der Waals surface area contributed by atoms with Gasteiger partial charge in [-0.15, -0.1) is 0 Å². The standard InChI is InChI=1S/C10H16N2O3/c1-15-7-9(6-13)11-4-8-2-3-10(14)5-12-8/h2-3,5,9,11,13-14H,4,6-7H2,1H3. The average molecular weight is 212 g/mol. The van der Waals surface area contributed by atoms with Crippen molar-refractivity contribution in [2.24, 2.45) is 0 Å². The number of aliphatic hydroxyl groups is 1. The Balaban J connectivity index is 2.38. The van der Waals surface area contributed by atoms with E-state index in [9.17, 15) is 0 Å². The van der Waals surface area contributed by atoms with Gasteiger partial charge in [0.25, 0.3) is 0 Å². The zero-order valence-corrected chi connectivity index (χ0v) is 8.68. The molecule has 3 N–H and O–H groups in total. The van der Waals surface area contributed by atoms with Gasteiger partial charge < -0.3 is 20.3 Å². The maximum absolute atomic E-state index is 9.02. The fraction of sp³-hybridized carbons (Fsp3) is 0.500. The van der Waals surface area contributed by atoms with Gasteiger partial charge in [0.05, 0.1) is 31.1 Å². The first-order chi connectivity index (χ1) is 7.26. The van der Waals surface area contributed by atoms with Gasteiger partial charge in [-0.1, -0.05) is 0 Å². The lowest BCUT2D eigenvalue weighted by Crippen LogP contribution is -2.36. The summed E-state index contributed by atoms with van der Waals surface area (Å²) in [6, 6.07) is 3.21. The van der Waals surface area contributed by atoms with E-state index in [1.807, 2.05) is 0 Å². The molecule has 0 aliphatic carbocycles. The molecule has 1 unspecified atom stereocenters. The highest BCUT2D eigenvalue weighted by molar-refractivity contribution is 5.17. The minimum Gasteiger partial charge on any atom is -0.506 e. The van der Waals surface area contributed by atoms with Crippen LogP contribution in [0.2, 0.25) is 0 Å². The molecule has 1 aromatic rings. The quantitative estimate of drug-likeness (QED) is 0.613. The van der Waals surface area contributed by atoms with Gasteiger partial charge in [0.15, 0.2) is 0 Å². The van der Waals surface area contributed by atoms with Crippen LogP contribution in [0.1, 0.15) is 5.69 Å².